The normalized spacial score (nSPS) is 48.6. The third-order valence-corrected chi connectivity index (χ3v) is 6.47. The zero-order valence-electron chi connectivity index (χ0n) is 11.8. The maximum absolute atomic E-state index is 9.38. The summed E-state index contributed by atoms with van der Waals surface area (Å²) in [4.78, 5) is 2.69. The van der Waals surface area contributed by atoms with Gasteiger partial charge in [-0.15, -0.1) is 0 Å². The lowest BCUT2D eigenvalue weighted by Crippen LogP contribution is -2.51. The average Bonchev–Trinajstić information content (AvgIpc) is 3.07. The van der Waals surface area contributed by atoms with E-state index >= 15 is 0 Å². The molecule has 1 aliphatic heterocycles. The van der Waals surface area contributed by atoms with Crippen molar-refractivity contribution in [2.24, 2.45) is 28.8 Å². The molecule has 0 aromatic carbocycles. The smallest absolute Gasteiger partial charge is 0.0775 e. The van der Waals surface area contributed by atoms with Crippen molar-refractivity contribution in [3.8, 4) is 0 Å². The van der Waals surface area contributed by atoms with E-state index in [1.807, 2.05) is 0 Å². The van der Waals surface area contributed by atoms with Gasteiger partial charge in [-0.2, -0.15) is 0 Å². The predicted molar refractivity (Wildman–Crippen MR) is 75.5 cm³/mol. The largest absolute Gasteiger partial charge is 0.411 e. The monoisotopic (exact) mass is 262 g/mol. The second-order valence-corrected chi connectivity index (χ2v) is 7.33. The maximum Gasteiger partial charge on any atom is 0.0775 e. The van der Waals surface area contributed by atoms with Gasteiger partial charge in [-0.05, 0) is 56.4 Å². The minimum Gasteiger partial charge on any atom is -0.411 e. The minimum absolute atomic E-state index is 0.492. The molecule has 19 heavy (non-hydrogen) atoms. The fourth-order valence-corrected chi connectivity index (χ4v) is 5.56. The number of rotatable bonds is 1. The standard InChI is InChI=1S/C16H26N2O/c19-17-15-12-5-6-13(9-12)16(15)18-8-7-11-3-1-2-4-14(11)10-18/h11-14,16,19H,1-10H2/b17-15+/t11-,12-,13-,14+,16-/m0/s1. The number of hydrogen-bond donors (Lipinski definition) is 1. The number of likely N-dealkylation sites (tertiary alicyclic amines) is 1. The lowest BCUT2D eigenvalue weighted by atomic mass is 9.74. The highest BCUT2D eigenvalue weighted by Gasteiger charge is 2.49. The van der Waals surface area contributed by atoms with Crippen LogP contribution < -0.4 is 0 Å². The summed E-state index contributed by atoms with van der Waals surface area (Å²) in [6.45, 7) is 2.52. The van der Waals surface area contributed by atoms with Gasteiger partial charge in [0, 0.05) is 12.5 Å². The van der Waals surface area contributed by atoms with Crippen LogP contribution in [0.2, 0.25) is 0 Å². The van der Waals surface area contributed by atoms with Crippen molar-refractivity contribution in [1.82, 2.24) is 4.90 Å². The molecule has 0 radical (unpaired) electrons. The highest BCUT2D eigenvalue weighted by atomic mass is 16.4. The van der Waals surface area contributed by atoms with Crippen LogP contribution in [0, 0.1) is 23.7 Å². The van der Waals surface area contributed by atoms with Gasteiger partial charge in [-0.3, -0.25) is 4.90 Å². The van der Waals surface area contributed by atoms with E-state index in [1.54, 1.807) is 0 Å². The maximum atomic E-state index is 9.38. The van der Waals surface area contributed by atoms with E-state index in [-0.39, 0.29) is 0 Å². The van der Waals surface area contributed by atoms with Crippen molar-refractivity contribution in [3.05, 3.63) is 0 Å². The third kappa shape index (κ3) is 1.93. The minimum atomic E-state index is 0.492. The molecular formula is C16H26N2O. The second-order valence-electron chi connectivity index (χ2n) is 7.33. The summed E-state index contributed by atoms with van der Waals surface area (Å²) in [5.74, 6) is 3.32. The van der Waals surface area contributed by atoms with Gasteiger partial charge in [0.15, 0.2) is 0 Å². The van der Waals surface area contributed by atoms with Gasteiger partial charge in [-0.25, -0.2) is 0 Å². The molecule has 4 rings (SSSR count). The molecule has 5 atom stereocenters. The molecule has 2 bridgehead atoms. The van der Waals surface area contributed by atoms with E-state index in [9.17, 15) is 5.21 Å². The second kappa shape index (κ2) is 4.76. The van der Waals surface area contributed by atoms with Gasteiger partial charge in [0.1, 0.15) is 0 Å². The first kappa shape index (κ1) is 12.2. The lowest BCUT2D eigenvalue weighted by molar-refractivity contribution is 0.0602. The topological polar surface area (TPSA) is 35.8 Å². The molecule has 0 spiro atoms. The van der Waals surface area contributed by atoms with Gasteiger partial charge in [0.05, 0.1) is 11.8 Å². The molecule has 106 valence electrons. The van der Waals surface area contributed by atoms with Gasteiger partial charge in [0.25, 0.3) is 0 Å². The number of fused-ring (bicyclic) bond motifs is 3. The Kier molecular flexibility index (Phi) is 3.06. The first-order valence-corrected chi connectivity index (χ1v) is 8.32. The summed E-state index contributed by atoms with van der Waals surface area (Å²) in [5, 5.41) is 13.1. The van der Waals surface area contributed by atoms with E-state index in [0.29, 0.717) is 12.0 Å². The van der Waals surface area contributed by atoms with Crippen LogP contribution in [0.1, 0.15) is 51.4 Å². The molecule has 3 heteroatoms. The van der Waals surface area contributed by atoms with Crippen molar-refractivity contribution in [2.75, 3.05) is 13.1 Å². The Hall–Kier alpha value is -0.570. The van der Waals surface area contributed by atoms with E-state index in [1.165, 1.54) is 64.5 Å². The van der Waals surface area contributed by atoms with Crippen LogP contribution in [0.3, 0.4) is 0 Å². The Balaban J connectivity index is 1.50. The van der Waals surface area contributed by atoms with E-state index in [4.69, 9.17) is 0 Å². The Labute approximate surface area is 116 Å². The first-order chi connectivity index (χ1) is 9.36. The highest BCUT2D eigenvalue weighted by Crippen LogP contribution is 2.47. The summed E-state index contributed by atoms with van der Waals surface area (Å²) in [7, 11) is 0. The summed E-state index contributed by atoms with van der Waals surface area (Å²) in [5.41, 5.74) is 1.13. The Morgan fingerprint density at radius 3 is 2.63 bits per heavy atom. The number of piperidine rings is 1. The van der Waals surface area contributed by atoms with Crippen molar-refractivity contribution < 1.29 is 5.21 Å². The van der Waals surface area contributed by atoms with Gasteiger partial charge in [0.2, 0.25) is 0 Å². The van der Waals surface area contributed by atoms with Crippen molar-refractivity contribution >= 4 is 5.71 Å². The molecule has 0 amide bonds. The molecule has 1 heterocycles. The summed E-state index contributed by atoms with van der Waals surface area (Å²) < 4.78 is 0. The molecule has 4 aliphatic rings. The van der Waals surface area contributed by atoms with Crippen LogP contribution in [-0.4, -0.2) is 35.0 Å². The van der Waals surface area contributed by atoms with Crippen molar-refractivity contribution in [1.29, 1.82) is 0 Å². The first-order valence-electron chi connectivity index (χ1n) is 8.32. The molecule has 3 saturated carbocycles. The van der Waals surface area contributed by atoms with Crippen molar-refractivity contribution in [3.63, 3.8) is 0 Å². The zero-order valence-corrected chi connectivity index (χ0v) is 11.8. The van der Waals surface area contributed by atoms with Crippen LogP contribution in [-0.2, 0) is 0 Å². The molecule has 4 fully saturated rings. The molecule has 3 nitrogen and oxygen atoms in total. The molecule has 1 N–H and O–H groups in total. The zero-order chi connectivity index (χ0) is 12.8. The van der Waals surface area contributed by atoms with Crippen LogP contribution in [0.4, 0.5) is 0 Å². The van der Waals surface area contributed by atoms with Crippen molar-refractivity contribution in [2.45, 2.75) is 57.4 Å². The summed E-state index contributed by atoms with van der Waals surface area (Å²) >= 11 is 0. The summed E-state index contributed by atoms with van der Waals surface area (Å²) in [6, 6.07) is 0.492. The molecule has 0 unspecified atom stereocenters. The number of oxime groups is 1. The van der Waals surface area contributed by atoms with Gasteiger partial charge >= 0.3 is 0 Å². The van der Waals surface area contributed by atoms with Crippen LogP contribution in [0.5, 0.6) is 0 Å². The van der Waals surface area contributed by atoms with Crippen LogP contribution >= 0.6 is 0 Å². The SMILES string of the molecule is O/N=C1\[C@H]2CC[C@@H](C2)[C@@H]1N1CC[C@@H]2CCCC[C@@H]2C1. The molecule has 0 aromatic rings. The van der Waals surface area contributed by atoms with Crippen LogP contribution in [0.25, 0.3) is 0 Å². The van der Waals surface area contributed by atoms with Gasteiger partial charge in [-0.1, -0.05) is 24.4 Å². The Morgan fingerprint density at radius 1 is 0.947 bits per heavy atom. The molecular weight excluding hydrogens is 236 g/mol. The average molecular weight is 262 g/mol. The summed E-state index contributed by atoms with van der Waals surface area (Å²) in [6.07, 6.45) is 11.1. The quantitative estimate of drug-likeness (QED) is 0.582. The molecule has 1 saturated heterocycles. The van der Waals surface area contributed by atoms with Gasteiger partial charge < -0.3 is 5.21 Å². The van der Waals surface area contributed by atoms with E-state index in [2.05, 4.69) is 10.1 Å². The fraction of sp³-hybridized carbons (Fsp3) is 0.938. The fourth-order valence-electron chi connectivity index (χ4n) is 5.56. The highest BCUT2D eigenvalue weighted by molar-refractivity contribution is 5.94. The third-order valence-electron chi connectivity index (χ3n) is 6.47. The Morgan fingerprint density at radius 2 is 1.79 bits per heavy atom. The predicted octanol–water partition coefficient (Wildman–Crippen LogP) is 3.13. The number of hydrogen-bond acceptors (Lipinski definition) is 3. The molecule has 0 aromatic heterocycles. The van der Waals surface area contributed by atoms with E-state index < -0.39 is 0 Å². The lowest BCUT2D eigenvalue weighted by Gasteiger charge is -2.45. The Bertz CT molecular complexity index is 381. The van der Waals surface area contributed by atoms with Crippen LogP contribution in [0.15, 0.2) is 5.16 Å². The van der Waals surface area contributed by atoms with E-state index in [0.717, 1.165) is 23.5 Å². The molecule has 3 aliphatic carbocycles. The number of nitrogens with zero attached hydrogens (tertiary/aromatic N) is 2.